The van der Waals surface area contributed by atoms with Crippen LogP contribution in [0.5, 0.6) is 5.75 Å². The van der Waals surface area contributed by atoms with Crippen molar-refractivity contribution in [1.29, 1.82) is 0 Å². The van der Waals surface area contributed by atoms with E-state index in [1.165, 1.54) is 0 Å². The van der Waals surface area contributed by atoms with Crippen LogP contribution in [0.25, 0.3) is 5.69 Å². The maximum absolute atomic E-state index is 13.5. The van der Waals surface area contributed by atoms with Crippen LogP contribution in [0.4, 0.5) is 4.79 Å². The van der Waals surface area contributed by atoms with Crippen molar-refractivity contribution in [2.24, 2.45) is 0 Å². The monoisotopic (exact) mass is 457 g/mol. The van der Waals surface area contributed by atoms with Gasteiger partial charge in [-0.05, 0) is 63.1 Å². The molecule has 0 aliphatic carbocycles. The van der Waals surface area contributed by atoms with E-state index in [4.69, 9.17) is 4.74 Å². The Kier molecular flexibility index (Phi) is 5.08. The van der Waals surface area contributed by atoms with Crippen LogP contribution >= 0.6 is 0 Å². The second kappa shape index (κ2) is 7.87. The lowest BCUT2D eigenvalue weighted by Crippen LogP contribution is -2.47. The molecule has 2 aliphatic rings. The third kappa shape index (κ3) is 3.31. The molecule has 1 fully saturated rings. The molecule has 7 heteroatoms. The summed E-state index contributed by atoms with van der Waals surface area (Å²) in [7, 11) is 0. The number of amides is 3. The van der Waals surface area contributed by atoms with Gasteiger partial charge in [0.2, 0.25) is 0 Å². The fraction of sp³-hybridized carbons (Fsp3) is 0.296. The van der Waals surface area contributed by atoms with Crippen molar-refractivity contribution in [2.75, 3.05) is 13.2 Å². The molecule has 3 heterocycles. The number of para-hydroxylation sites is 1. The van der Waals surface area contributed by atoms with Crippen molar-refractivity contribution in [1.82, 2.24) is 14.8 Å². The van der Waals surface area contributed by atoms with E-state index in [0.29, 0.717) is 29.9 Å². The Morgan fingerprint density at radius 2 is 1.74 bits per heavy atom. The van der Waals surface area contributed by atoms with Gasteiger partial charge in [0.15, 0.2) is 11.3 Å². The molecule has 1 saturated heterocycles. The summed E-state index contributed by atoms with van der Waals surface area (Å²) in [6.45, 7) is 7.91. The molecule has 5 rings (SSSR count). The number of aryl methyl sites for hydroxylation is 3. The number of ketones is 1. The lowest BCUT2D eigenvalue weighted by Gasteiger charge is -2.33. The number of benzene rings is 2. The van der Waals surface area contributed by atoms with Crippen molar-refractivity contribution in [3.63, 3.8) is 0 Å². The molecule has 1 aromatic heterocycles. The number of hydrogen-bond acceptors (Lipinski definition) is 4. The lowest BCUT2D eigenvalue weighted by atomic mass is 9.84. The first-order valence-corrected chi connectivity index (χ1v) is 11.4. The zero-order chi connectivity index (χ0) is 24.2. The molecule has 0 unspecified atom stereocenters. The molecule has 7 nitrogen and oxygen atoms in total. The molecule has 0 bridgehead atoms. The Bertz CT molecular complexity index is 1340. The Hall–Kier alpha value is -3.87. The third-order valence-corrected chi connectivity index (χ3v) is 6.76. The first kappa shape index (κ1) is 21.9. The summed E-state index contributed by atoms with van der Waals surface area (Å²) in [5, 5.41) is 2.85. The van der Waals surface area contributed by atoms with Gasteiger partial charge in [-0.15, -0.1) is 0 Å². The zero-order valence-corrected chi connectivity index (χ0v) is 19.8. The summed E-state index contributed by atoms with van der Waals surface area (Å²) in [6.07, 6.45) is 0.320. The molecule has 1 atom stereocenters. The molecule has 2 aliphatic heterocycles. The van der Waals surface area contributed by atoms with E-state index in [1.54, 1.807) is 12.1 Å². The SMILES string of the molecule is Cc1cc(C)cc(-n2c(C)cc(C(=O)CN3C(=O)N[C@@]4(CCOc5ccccc54)C3=O)c2C)c1. The van der Waals surface area contributed by atoms with Gasteiger partial charge >= 0.3 is 6.03 Å². The number of aromatic nitrogens is 1. The second-order valence-corrected chi connectivity index (χ2v) is 9.21. The minimum absolute atomic E-state index is 0.274. The smallest absolute Gasteiger partial charge is 0.325 e. The van der Waals surface area contributed by atoms with E-state index in [9.17, 15) is 14.4 Å². The summed E-state index contributed by atoms with van der Waals surface area (Å²) in [5.41, 5.74) is 4.90. The van der Waals surface area contributed by atoms with Gasteiger partial charge in [-0.3, -0.25) is 14.5 Å². The summed E-state index contributed by atoms with van der Waals surface area (Å²) >= 11 is 0. The van der Waals surface area contributed by atoms with Crippen LogP contribution in [-0.2, 0) is 10.3 Å². The van der Waals surface area contributed by atoms with Gasteiger partial charge in [-0.25, -0.2) is 4.79 Å². The predicted octanol–water partition coefficient (Wildman–Crippen LogP) is 4.12. The Morgan fingerprint density at radius 1 is 1.03 bits per heavy atom. The van der Waals surface area contributed by atoms with Gasteiger partial charge in [0.1, 0.15) is 5.75 Å². The molecule has 0 saturated carbocycles. The number of fused-ring (bicyclic) bond motifs is 2. The van der Waals surface area contributed by atoms with E-state index in [-0.39, 0.29) is 12.3 Å². The number of imide groups is 1. The first-order chi connectivity index (χ1) is 16.2. The second-order valence-electron chi connectivity index (χ2n) is 9.21. The molecular weight excluding hydrogens is 430 g/mol. The molecule has 174 valence electrons. The topological polar surface area (TPSA) is 80.6 Å². The largest absolute Gasteiger partial charge is 0.493 e. The van der Waals surface area contributed by atoms with Crippen LogP contribution in [0.2, 0.25) is 0 Å². The van der Waals surface area contributed by atoms with Crippen LogP contribution in [-0.4, -0.2) is 40.3 Å². The molecule has 1 spiro atoms. The number of hydrogen-bond donors (Lipinski definition) is 1. The number of nitrogens with zero attached hydrogens (tertiary/aromatic N) is 2. The number of carbonyl (C=O) groups is 3. The maximum atomic E-state index is 13.5. The molecule has 3 amide bonds. The van der Waals surface area contributed by atoms with Crippen molar-refractivity contribution in [3.05, 3.63) is 82.2 Å². The van der Waals surface area contributed by atoms with Gasteiger partial charge in [0.05, 0.1) is 13.2 Å². The summed E-state index contributed by atoms with van der Waals surface area (Å²) in [5.74, 6) is -0.109. The van der Waals surface area contributed by atoms with Crippen molar-refractivity contribution in [2.45, 2.75) is 39.7 Å². The fourth-order valence-corrected chi connectivity index (χ4v) is 5.27. The van der Waals surface area contributed by atoms with Crippen LogP contribution in [0.3, 0.4) is 0 Å². The molecular formula is C27H27N3O4. The lowest BCUT2D eigenvalue weighted by molar-refractivity contribution is -0.132. The number of carbonyl (C=O) groups excluding carboxylic acids is 3. The van der Waals surface area contributed by atoms with Gasteiger partial charge in [-0.2, -0.15) is 0 Å². The van der Waals surface area contributed by atoms with E-state index in [1.807, 2.05) is 50.5 Å². The quantitative estimate of drug-likeness (QED) is 0.472. The number of nitrogens with one attached hydrogen (secondary N) is 1. The molecule has 2 aromatic carbocycles. The highest BCUT2D eigenvalue weighted by Crippen LogP contribution is 2.41. The third-order valence-electron chi connectivity index (χ3n) is 6.76. The molecule has 34 heavy (non-hydrogen) atoms. The van der Waals surface area contributed by atoms with Crippen LogP contribution in [0.15, 0.2) is 48.5 Å². The summed E-state index contributed by atoms with van der Waals surface area (Å²) in [4.78, 5) is 40.8. The summed E-state index contributed by atoms with van der Waals surface area (Å²) in [6, 6.07) is 14.7. The highest BCUT2D eigenvalue weighted by atomic mass is 16.5. The van der Waals surface area contributed by atoms with Gasteiger partial charge in [-0.1, -0.05) is 24.3 Å². The average Bonchev–Trinajstić information content (AvgIpc) is 3.21. The highest BCUT2D eigenvalue weighted by Gasteiger charge is 2.55. The zero-order valence-electron chi connectivity index (χ0n) is 19.8. The molecule has 1 N–H and O–H groups in total. The Labute approximate surface area is 198 Å². The van der Waals surface area contributed by atoms with Crippen molar-refractivity contribution >= 4 is 17.7 Å². The number of rotatable bonds is 4. The van der Waals surface area contributed by atoms with Crippen LogP contribution in [0, 0.1) is 27.7 Å². The van der Waals surface area contributed by atoms with Crippen LogP contribution < -0.4 is 10.1 Å². The highest BCUT2D eigenvalue weighted by molar-refractivity contribution is 6.12. The Balaban J connectivity index is 1.45. The van der Waals surface area contributed by atoms with Crippen LogP contribution in [0.1, 0.15) is 44.9 Å². The van der Waals surface area contributed by atoms with Gasteiger partial charge in [0, 0.05) is 34.6 Å². The van der Waals surface area contributed by atoms with Gasteiger partial charge < -0.3 is 14.6 Å². The molecule has 0 radical (unpaired) electrons. The fourth-order valence-electron chi connectivity index (χ4n) is 5.27. The van der Waals surface area contributed by atoms with E-state index >= 15 is 0 Å². The number of ether oxygens (including phenoxy) is 1. The first-order valence-electron chi connectivity index (χ1n) is 11.4. The average molecular weight is 458 g/mol. The maximum Gasteiger partial charge on any atom is 0.325 e. The minimum Gasteiger partial charge on any atom is -0.493 e. The van der Waals surface area contributed by atoms with Crippen molar-refractivity contribution in [3.8, 4) is 11.4 Å². The summed E-state index contributed by atoms with van der Waals surface area (Å²) < 4.78 is 7.72. The Morgan fingerprint density at radius 3 is 2.47 bits per heavy atom. The number of Topliss-reactive ketones (excluding diaryl/α,β-unsaturated/α-hetero) is 1. The van der Waals surface area contributed by atoms with E-state index in [0.717, 1.165) is 33.1 Å². The van der Waals surface area contributed by atoms with Gasteiger partial charge in [0.25, 0.3) is 5.91 Å². The normalized spacial score (nSPS) is 19.2. The minimum atomic E-state index is -1.19. The van der Waals surface area contributed by atoms with E-state index < -0.39 is 17.5 Å². The van der Waals surface area contributed by atoms with Crippen molar-refractivity contribution < 1.29 is 19.1 Å². The van der Waals surface area contributed by atoms with E-state index in [2.05, 4.69) is 23.5 Å². The predicted molar refractivity (Wildman–Crippen MR) is 128 cm³/mol. The molecule has 3 aromatic rings. The standard InChI is InChI=1S/C27H27N3O4/c1-16-11-17(2)13-20(12-16)30-18(3)14-21(19(30)4)23(31)15-29-25(32)27(28-26(29)33)9-10-34-24-8-6-5-7-22(24)27/h5-8,11-14H,9-10,15H2,1-4H3,(H,28,33)/t27-/m1/s1. The number of urea groups is 1.